The van der Waals surface area contributed by atoms with Crippen LogP contribution < -0.4 is 4.90 Å². The Kier molecular flexibility index (Phi) is 4.94. The Hall–Kier alpha value is -3.19. The van der Waals surface area contributed by atoms with Gasteiger partial charge < -0.3 is 9.80 Å². The number of aryl methyl sites for hydroxylation is 1. The first-order valence-corrected chi connectivity index (χ1v) is 11.9. The second-order valence-corrected chi connectivity index (χ2v) is 9.50. The molecule has 1 saturated heterocycles. The molecule has 0 bridgehead atoms. The minimum absolute atomic E-state index is 0.232. The third-order valence-corrected chi connectivity index (χ3v) is 7.16. The molecule has 3 heterocycles. The van der Waals surface area contributed by atoms with Crippen LogP contribution in [0.25, 0.3) is 27.9 Å². The van der Waals surface area contributed by atoms with Crippen LogP contribution in [0.5, 0.6) is 0 Å². The number of hydrogen-bond acceptors (Lipinski definition) is 5. The smallest absolute Gasteiger partial charge is 0.225 e. The summed E-state index contributed by atoms with van der Waals surface area (Å²) >= 11 is 6.29. The standard InChI is InChI=1S/C25H25ClN6O/c1-16-5-7-17(8-6-16)22-28-29-23-20-10-9-19(26)15-21(20)27-25(32(22)23)31-13-11-30(12-14-31)24(33)18-3-2-4-18/h5-10,15,18H,2-4,11-14H2,1H3. The minimum Gasteiger partial charge on any atom is -0.339 e. The highest BCUT2D eigenvalue weighted by atomic mass is 35.5. The van der Waals surface area contributed by atoms with Crippen molar-refractivity contribution in [1.29, 1.82) is 0 Å². The summed E-state index contributed by atoms with van der Waals surface area (Å²) in [5.74, 6) is 2.09. The van der Waals surface area contributed by atoms with Crippen LogP contribution in [0.3, 0.4) is 0 Å². The quantitative estimate of drug-likeness (QED) is 0.454. The van der Waals surface area contributed by atoms with Crippen LogP contribution in [0.4, 0.5) is 5.95 Å². The lowest BCUT2D eigenvalue weighted by atomic mass is 9.84. The normalized spacial score (nSPS) is 17.0. The van der Waals surface area contributed by atoms with E-state index in [1.54, 1.807) is 0 Å². The topological polar surface area (TPSA) is 66.6 Å². The first kappa shape index (κ1) is 20.4. The monoisotopic (exact) mass is 460 g/mol. The first-order chi connectivity index (χ1) is 16.1. The zero-order chi connectivity index (χ0) is 22.5. The largest absolute Gasteiger partial charge is 0.339 e. The lowest BCUT2D eigenvalue weighted by molar-refractivity contribution is -0.138. The number of anilines is 1. The summed E-state index contributed by atoms with van der Waals surface area (Å²) in [6.45, 7) is 4.92. The van der Waals surface area contributed by atoms with E-state index < -0.39 is 0 Å². The number of benzene rings is 2. The molecule has 0 atom stereocenters. The molecule has 4 aromatic rings. The van der Waals surface area contributed by atoms with E-state index in [0.29, 0.717) is 24.0 Å². The number of amides is 1. The van der Waals surface area contributed by atoms with Gasteiger partial charge >= 0.3 is 0 Å². The van der Waals surface area contributed by atoms with E-state index in [-0.39, 0.29) is 5.92 Å². The van der Waals surface area contributed by atoms with Gasteiger partial charge in [-0.15, -0.1) is 10.2 Å². The SMILES string of the molecule is Cc1ccc(-c2nnc3c4ccc(Cl)cc4nc(N4CCN(C(=O)C5CCC5)CC4)n23)cc1. The summed E-state index contributed by atoms with van der Waals surface area (Å²) in [5.41, 5.74) is 3.73. The van der Waals surface area contributed by atoms with Gasteiger partial charge in [0.05, 0.1) is 5.52 Å². The molecule has 7 nitrogen and oxygen atoms in total. The lowest BCUT2D eigenvalue weighted by Crippen LogP contribution is -2.51. The van der Waals surface area contributed by atoms with Crippen LogP contribution in [-0.4, -0.2) is 56.6 Å². The summed E-state index contributed by atoms with van der Waals surface area (Å²) < 4.78 is 2.05. The average molecular weight is 461 g/mol. The third kappa shape index (κ3) is 3.51. The van der Waals surface area contributed by atoms with Gasteiger partial charge in [0.25, 0.3) is 0 Å². The zero-order valence-electron chi connectivity index (χ0n) is 18.5. The molecule has 0 unspecified atom stereocenters. The predicted molar refractivity (Wildman–Crippen MR) is 130 cm³/mol. The molecule has 2 aromatic carbocycles. The fraction of sp³-hybridized carbons (Fsp3) is 0.360. The molecule has 1 aliphatic carbocycles. The van der Waals surface area contributed by atoms with E-state index in [1.165, 1.54) is 12.0 Å². The molecule has 0 spiro atoms. The summed E-state index contributed by atoms with van der Waals surface area (Å²) in [5, 5.41) is 10.7. The van der Waals surface area contributed by atoms with Gasteiger partial charge in [-0.2, -0.15) is 0 Å². The van der Waals surface area contributed by atoms with Gasteiger partial charge in [-0.1, -0.05) is 47.9 Å². The van der Waals surface area contributed by atoms with E-state index in [0.717, 1.165) is 59.8 Å². The van der Waals surface area contributed by atoms with Crippen molar-refractivity contribution in [2.75, 3.05) is 31.1 Å². The molecular formula is C25H25ClN6O. The van der Waals surface area contributed by atoms with E-state index in [1.807, 2.05) is 27.5 Å². The number of carbonyl (C=O) groups is 1. The molecule has 1 saturated carbocycles. The van der Waals surface area contributed by atoms with Crippen LogP contribution in [-0.2, 0) is 4.79 Å². The van der Waals surface area contributed by atoms with Crippen molar-refractivity contribution < 1.29 is 4.79 Å². The van der Waals surface area contributed by atoms with Gasteiger partial charge in [-0.25, -0.2) is 9.38 Å². The highest BCUT2D eigenvalue weighted by Crippen LogP contribution is 2.32. The number of piperazine rings is 1. The first-order valence-electron chi connectivity index (χ1n) is 11.5. The molecule has 0 radical (unpaired) electrons. The van der Waals surface area contributed by atoms with Crippen LogP contribution in [0.2, 0.25) is 5.02 Å². The predicted octanol–water partition coefficient (Wildman–Crippen LogP) is 4.36. The van der Waals surface area contributed by atoms with Gasteiger partial charge in [0, 0.05) is 48.1 Å². The van der Waals surface area contributed by atoms with Crippen molar-refractivity contribution in [1.82, 2.24) is 24.5 Å². The molecular weight excluding hydrogens is 436 g/mol. The summed E-state index contributed by atoms with van der Waals surface area (Å²) in [6.07, 6.45) is 3.24. The fourth-order valence-corrected chi connectivity index (χ4v) is 4.90. The number of aromatic nitrogens is 4. The highest BCUT2D eigenvalue weighted by Gasteiger charge is 2.32. The van der Waals surface area contributed by atoms with Crippen LogP contribution in [0, 0.1) is 12.8 Å². The maximum atomic E-state index is 12.7. The average Bonchev–Trinajstić information content (AvgIpc) is 3.23. The van der Waals surface area contributed by atoms with Crippen molar-refractivity contribution in [3.63, 3.8) is 0 Å². The molecule has 33 heavy (non-hydrogen) atoms. The van der Waals surface area contributed by atoms with Gasteiger partial charge in [0.15, 0.2) is 11.5 Å². The minimum atomic E-state index is 0.232. The van der Waals surface area contributed by atoms with Crippen molar-refractivity contribution in [2.45, 2.75) is 26.2 Å². The van der Waals surface area contributed by atoms with Crippen LogP contribution in [0.1, 0.15) is 24.8 Å². The molecule has 168 valence electrons. The Morgan fingerprint density at radius 3 is 2.45 bits per heavy atom. The molecule has 1 aliphatic heterocycles. The molecule has 2 aromatic heterocycles. The molecule has 2 fully saturated rings. The van der Waals surface area contributed by atoms with Crippen molar-refractivity contribution >= 4 is 40.0 Å². The Morgan fingerprint density at radius 1 is 1.00 bits per heavy atom. The van der Waals surface area contributed by atoms with Gasteiger partial charge in [-0.3, -0.25) is 4.79 Å². The number of fused-ring (bicyclic) bond motifs is 3. The van der Waals surface area contributed by atoms with E-state index >= 15 is 0 Å². The molecule has 0 N–H and O–H groups in total. The molecule has 8 heteroatoms. The van der Waals surface area contributed by atoms with Gasteiger partial charge in [0.1, 0.15) is 0 Å². The van der Waals surface area contributed by atoms with Gasteiger partial charge in [0.2, 0.25) is 11.9 Å². The number of rotatable bonds is 3. The van der Waals surface area contributed by atoms with Crippen molar-refractivity contribution in [3.8, 4) is 11.4 Å². The van der Waals surface area contributed by atoms with Crippen LogP contribution >= 0.6 is 11.6 Å². The lowest BCUT2D eigenvalue weighted by Gasteiger charge is -2.38. The molecule has 6 rings (SSSR count). The van der Waals surface area contributed by atoms with Crippen molar-refractivity contribution in [2.24, 2.45) is 5.92 Å². The number of nitrogens with zero attached hydrogens (tertiary/aromatic N) is 6. The highest BCUT2D eigenvalue weighted by molar-refractivity contribution is 6.31. The maximum Gasteiger partial charge on any atom is 0.225 e. The van der Waals surface area contributed by atoms with Crippen molar-refractivity contribution in [3.05, 3.63) is 53.1 Å². The van der Waals surface area contributed by atoms with E-state index in [4.69, 9.17) is 16.6 Å². The Bertz CT molecular complexity index is 1350. The molecule has 1 amide bonds. The number of carbonyl (C=O) groups excluding carboxylic acids is 1. The summed E-state index contributed by atoms with van der Waals surface area (Å²) in [7, 11) is 0. The second kappa shape index (κ2) is 7.99. The van der Waals surface area contributed by atoms with E-state index in [2.05, 4.69) is 46.3 Å². The third-order valence-electron chi connectivity index (χ3n) is 6.92. The van der Waals surface area contributed by atoms with Crippen LogP contribution in [0.15, 0.2) is 42.5 Å². The zero-order valence-corrected chi connectivity index (χ0v) is 19.3. The Balaban J connectivity index is 1.43. The van der Waals surface area contributed by atoms with E-state index in [9.17, 15) is 4.79 Å². The van der Waals surface area contributed by atoms with Gasteiger partial charge in [-0.05, 0) is 38.0 Å². The fourth-order valence-electron chi connectivity index (χ4n) is 4.73. The molecule has 2 aliphatic rings. The number of halogens is 1. The summed E-state index contributed by atoms with van der Waals surface area (Å²) in [6, 6.07) is 14.0. The summed E-state index contributed by atoms with van der Waals surface area (Å²) in [4.78, 5) is 22.0. The Labute approximate surface area is 197 Å². The Morgan fingerprint density at radius 2 is 1.76 bits per heavy atom. The number of hydrogen-bond donors (Lipinski definition) is 0. The maximum absolute atomic E-state index is 12.7. The second-order valence-electron chi connectivity index (χ2n) is 9.06.